The molecular weight excluding hydrogens is 370 g/mol. The van der Waals surface area contributed by atoms with Gasteiger partial charge in [0.2, 0.25) is 10.0 Å². The van der Waals surface area contributed by atoms with Gasteiger partial charge in [-0.05, 0) is 29.7 Å². The van der Waals surface area contributed by atoms with Gasteiger partial charge in [-0.25, -0.2) is 13.1 Å². The van der Waals surface area contributed by atoms with Gasteiger partial charge in [-0.3, -0.25) is 4.79 Å². The summed E-state index contributed by atoms with van der Waals surface area (Å²) in [5.74, 6) is -0.347. The van der Waals surface area contributed by atoms with Crippen molar-refractivity contribution in [2.45, 2.75) is 17.4 Å². The Balaban J connectivity index is 1.97. The first-order valence-corrected chi connectivity index (χ1v) is 9.79. The van der Waals surface area contributed by atoms with Crippen LogP contribution in [0, 0.1) is 5.92 Å². The molecule has 0 saturated heterocycles. The molecule has 2 aromatic rings. The molecule has 0 radical (unpaired) electrons. The van der Waals surface area contributed by atoms with Crippen LogP contribution in [-0.4, -0.2) is 35.7 Å². The number of carbonyl (C=O) groups is 1. The molecule has 0 heterocycles. The number of nitrogens with one attached hydrogen (secondary N) is 1. The topological polar surface area (TPSA) is 90.9 Å². The molecule has 27 heavy (non-hydrogen) atoms. The molecule has 0 bridgehead atoms. The first-order chi connectivity index (χ1) is 12.9. The molecule has 144 valence electrons. The van der Waals surface area contributed by atoms with E-state index in [0.29, 0.717) is 17.9 Å². The van der Waals surface area contributed by atoms with Gasteiger partial charge >= 0.3 is 5.97 Å². The smallest absolute Gasteiger partial charge is 0.310 e. The highest BCUT2D eigenvalue weighted by atomic mass is 32.2. The molecule has 0 amide bonds. The van der Waals surface area contributed by atoms with Crippen LogP contribution >= 0.6 is 0 Å². The zero-order chi connectivity index (χ0) is 19.6. The molecule has 7 nitrogen and oxygen atoms in total. The Morgan fingerprint density at radius 3 is 2.41 bits per heavy atom. The molecule has 0 aromatic heterocycles. The van der Waals surface area contributed by atoms with Crippen LogP contribution < -0.4 is 14.2 Å². The van der Waals surface area contributed by atoms with Gasteiger partial charge in [0.15, 0.2) is 11.5 Å². The third-order valence-corrected chi connectivity index (χ3v) is 6.12. The molecule has 2 atom stereocenters. The Hall–Kier alpha value is -2.58. The highest BCUT2D eigenvalue weighted by Gasteiger charge is 2.40. The van der Waals surface area contributed by atoms with Crippen LogP contribution in [0.3, 0.4) is 0 Å². The first kappa shape index (κ1) is 19.2. The number of carbonyl (C=O) groups excluding carboxylic acids is 1. The second kappa shape index (κ2) is 7.58. The predicted octanol–water partition coefficient (Wildman–Crippen LogP) is 2.07. The summed E-state index contributed by atoms with van der Waals surface area (Å²) in [4.78, 5) is 12.2. The number of sulfonamides is 1. The molecule has 0 saturated carbocycles. The van der Waals surface area contributed by atoms with Crippen molar-refractivity contribution < 1.29 is 27.4 Å². The van der Waals surface area contributed by atoms with E-state index in [0.717, 1.165) is 11.1 Å². The number of esters is 1. The fraction of sp³-hybridized carbons (Fsp3) is 0.316. The average Bonchev–Trinajstić information content (AvgIpc) is 3.04. The van der Waals surface area contributed by atoms with Gasteiger partial charge in [0, 0.05) is 6.07 Å². The summed E-state index contributed by atoms with van der Waals surface area (Å²) in [5, 5.41) is 0. The Kier molecular flexibility index (Phi) is 5.38. The van der Waals surface area contributed by atoms with Crippen molar-refractivity contribution in [1.29, 1.82) is 0 Å². The fourth-order valence-electron chi connectivity index (χ4n) is 3.33. The average molecular weight is 391 g/mol. The lowest BCUT2D eigenvalue weighted by Crippen LogP contribution is -2.35. The van der Waals surface area contributed by atoms with E-state index in [2.05, 4.69) is 4.72 Å². The lowest BCUT2D eigenvalue weighted by molar-refractivity contribution is -0.146. The maximum absolute atomic E-state index is 13.0. The molecule has 3 rings (SSSR count). The Labute approximate surface area is 158 Å². The van der Waals surface area contributed by atoms with E-state index in [9.17, 15) is 13.2 Å². The first-order valence-electron chi connectivity index (χ1n) is 8.31. The van der Waals surface area contributed by atoms with E-state index >= 15 is 0 Å². The number of ether oxygens (including phenoxy) is 3. The fourth-order valence-corrected chi connectivity index (χ4v) is 4.60. The third kappa shape index (κ3) is 3.63. The second-order valence-corrected chi connectivity index (χ2v) is 7.86. The predicted molar refractivity (Wildman–Crippen MR) is 98.3 cm³/mol. The minimum atomic E-state index is -3.91. The quantitative estimate of drug-likeness (QED) is 0.758. The monoisotopic (exact) mass is 391 g/mol. The van der Waals surface area contributed by atoms with Gasteiger partial charge in [-0.15, -0.1) is 0 Å². The third-order valence-electron chi connectivity index (χ3n) is 4.68. The molecule has 1 aliphatic rings. The van der Waals surface area contributed by atoms with E-state index < -0.39 is 28.0 Å². The maximum atomic E-state index is 13.0. The summed E-state index contributed by atoms with van der Waals surface area (Å²) in [6.07, 6.45) is 0.419. The molecule has 2 aromatic carbocycles. The molecule has 8 heteroatoms. The normalized spacial score (nSPS) is 18.6. The SMILES string of the molecule is COC(=O)C1Cc2ccccc2C1NS(=O)(=O)c1ccc(OC)c(OC)c1. The Bertz CT molecular complexity index is 956. The number of fused-ring (bicyclic) bond motifs is 1. The van der Waals surface area contributed by atoms with E-state index in [1.54, 1.807) is 0 Å². The van der Waals surface area contributed by atoms with Gasteiger partial charge in [0.25, 0.3) is 0 Å². The highest BCUT2D eigenvalue weighted by Crippen LogP contribution is 2.38. The molecule has 1 N–H and O–H groups in total. The molecule has 0 aliphatic heterocycles. The number of rotatable bonds is 6. The summed E-state index contributed by atoms with van der Waals surface area (Å²) in [7, 11) is 0.290. The standard InChI is InChI=1S/C19H21NO6S/c1-24-16-9-8-13(11-17(16)25-2)27(22,23)20-18-14-7-5-4-6-12(14)10-15(18)19(21)26-3/h4-9,11,15,18,20H,10H2,1-3H3. The number of hydrogen-bond donors (Lipinski definition) is 1. The van der Waals surface area contributed by atoms with E-state index in [1.165, 1.54) is 39.5 Å². The van der Waals surface area contributed by atoms with Gasteiger partial charge < -0.3 is 14.2 Å². The van der Waals surface area contributed by atoms with Crippen LogP contribution in [0.4, 0.5) is 0 Å². The van der Waals surface area contributed by atoms with E-state index in [1.807, 2.05) is 24.3 Å². The van der Waals surface area contributed by atoms with Gasteiger partial charge in [-0.2, -0.15) is 0 Å². The zero-order valence-electron chi connectivity index (χ0n) is 15.3. The van der Waals surface area contributed by atoms with Crippen molar-refractivity contribution in [2.24, 2.45) is 5.92 Å². The molecule has 1 aliphatic carbocycles. The van der Waals surface area contributed by atoms with Crippen LogP contribution in [0.15, 0.2) is 47.4 Å². The number of methoxy groups -OCH3 is 3. The summed E-state index contributed by atoms with van der Waals surface area (Å²) < 4.78 is 43.8. The maximum Gasteiger partial charge on any atom is 0.310 e. The molecule has 0 fully saturated rings. The van der Waals surface area contributed by atoms with Crippen molar-refractivity contribution in [3.05, 3.63) is 53.6 Å². The van der Waals surface area contributed by atoms with E-state index in [-0.39, 0.29) is 4.90 Å². The van der Waals surface area contributed by atoms with E-state index in [4.69, 9.17) is 14.2 Å². The summed E-state index contributed by atoms with van der Waals surface area (Å²) in [6.45, 7) is 0. The van der Waals surface area contributed by atoms with Crippen molar-refractivity contribution in [2.75, 3.05) is 21.3 Å². The number of benzene rings is 2. The van der Waals surface area contributed by atoms with Crippen molar-refractivity contribution in [3.8, 4) is 11.5 Å². The van der Waals surface area contributed by atoms with Crippen LogP contribution in [0.25, 0.3) is 0 Å². The Morgan fingerprint density at radius 1 is 1.04 bits per heavy atom. The minimum Gasteiger partial charge on any atom is -0.493 e. The van der Waals surface area contributed by atoms with Crippen LogP contribution in [0.1, 0.15) is 17.2 Å². The highest BCUT2D eigenvalue weighted by molar-refractivity contribution is 7.89. The Morgan fingerprint density at radius 2 is 1.74 bits per heavy atom. The lowest BCUT2D eigenvalue weighted by Gasteiger charge is -2.20. The van der Waals surface area contributed by atoms with Gasteiger partial charge in [-0.1, -0.05) is 24.3 Å². The van der Waals surface area contributed by atoms with Crippen LogP contribution in [0.2, 0.25) is 0 Å². The summed E-state index contributed by atoms with van der Waals surface area (Å²) in [5.41, 5.74) is 1.70. The van der Waals surface area contributed by atoms with Gasteiger partial charge in [0.1, 0.15) is 0 Å². The molecule has 0 spiro atoms. The zero-order valence-corrected chi connectivity index (χ0v) is 16.1. The largest absolute Gasteiger partial charge is 0.493 e. The second-order valence-electron chi connectivity index (χ2n) is 6.15. The van der Waals surface area contributed by atoms with Crippen molar-refractivity contribution in [3.63, 3.8) is 0 Å². The van der Waals surface area contributed by atoms with Crippen LogP contribution in [-0.2, 0) is 26.0 Å². The van der Waals surface area contributed by atoms with Crippen LogP contribution in [0.5, 0.6) is 11.5 Å². The molecule has 2 unspecified atom stereocenters. The van der Waals surface area contributed by atoms with Crippen molar-refractivity contribution >= 4 is 16.0 Å². The number of hydrogen-bond acceptors (Lipinski definition) is 6. The summed E-state index contributed by atoms with van der Waals surface area (Å²) >= 11 is 0. The van der Waals surface area contributed by atoms with Crippen molar-refractivity contribution in [1.82, 2.24) is 4.72 Å². The van der Waals surface area contributed by atoms with Gasteiger partial charge in [0.05, 0.1) is 38.2 Å². The molecular formula is C19H21NO6S. The lowest BCUT2D eigenvalue weighted by atomic mass is 10.0. The summed E-state index contributed by atoms with van der Waals surface area (Å²) in [6, 6.07) is 11.0. The minimum absolute atomic E-state index is 0.0214.